The number of fused-ring (bicyclic) bond motifs is 1. The van der Waals surface area contributed by atoms with Crippen LogP contribution < -0.4 is 4.89 Å². The molecule has 0 aromatic carbocycles. The van der Waals surface area contributed by atoms with Gasteiger partial charge in [-0.3, -0.25) is 4.57 Å². The molecule has 0 amide bonds. The number of phosphoric ester groups is 1. The predicted octanol–water partition coefficient (Wildman–Crippen LogP) is -0.443. The molecule has 0 spiro atoms. The average molecular weight is 247 g/mol. The molecule has 2 aliphatic heterocycles. The van der Waals surface area contributed by atoms with Gasteiger partial charge in [-0.2, -0.15) is 0 Å². The number of ether oxygens (including phenoxy) is 2. The van der Waals surface area contributed by atoms with E-state index in [9.17, 15) is 9.46 Å². The van der Waals surface area contributed by atoms with E-state index in [2.05, 4.69) is 0 Å². The first-order valence-electron chi connectivity index (χ1n) is 5.09. The highest BCUT2D eigenvalue weighted by Crippen LogP contribution is 2.53. The molecule has 0 saturated carbocycles. The second kappa shape index (κ2) is 4.40. The summed E-state index contributed by atoms with van der Waals surface area (Å²) >= 11 is 0. The lowest BCUT2D eigenvalue weighted by molar-refractivity contribution is -0.220. The third-order valence-corrected chi connectivity index (χ3v) is 3.44. The SMILES string of the molecule is [B][C@@H]1O[C@H](COC(C)C)C2OP(=O)([O-])O[C@@H]21. The van der Waals surface area contributed by atoms with E-state index >= 15 is 0 Å². The molecule has 0 aromatic heterocycles. The Labute approximate surface area is 95.2 Å². The standard InChI is InChI=1S/C8H14BO6P/c1-4(2)12-3-5-6-7(8(9)13-5)15-16(10,11)14-6/h4-8H,3H2,1-2H3,(H,10,11)/p-1/t5-,6?,7+,8-/m1/s1. The van der Waals surface area contributed by atoms with Gasteiger partial charge in [-0.1, -0.05) is 0 Å². The zero-order chi connectivity index (χ0) is 11.9. The molecule has 2 fully saturated rings. The zero-order valence-electron chi connectivity index (χ0n) is 9.07. The normalized spacial score (nSPS) is 47.5. The Morgan fingerprint density at radius 2 is 2.06 bits per heavy atom. The van der Waals surface area contributed by atoms with Gasteiger partial charge in [0, 0.05) is 6.00 Å². The van der Waals surface area contributed by atoms with Crippen LogP contribution in [0.2, 0.25) is 0 Å². The molecule has 16 heavy (non-hydrogen) atoms. The highest BCUT2D eigenvalue weighted by Gasteiger charge is 2.51. The molecule has 5 atom stereocenters. The monoisotopic (exact) mass is 247 g/mol. The first-order valence-corrected chi connectivity index (χ1v) is 6.55. The summed E-state index contributed by atoms with van der Waals surface area (Å²) in [6.45, 7) is 3.98. The molecule has 2 rings (SSSR count). The van der Waals surface area contributed by atoms with Gasteiger partial charge in [-0.05, 0) is 13.8 Å². The minimum Gasteiger partial charge on any atom is -0.756 e. The van der Waals surface area contributed by atoms with Crippen molar-refractivity contribution in [1.29, 1.82) is 0 Å². The minimum atomic E-state index is -4.21. The number of hydrogen-bond donors (Lipinski definition) is 0. The molecule has 0 N–H and O–H groups in total. The summed E-state index contributed by atoms with van der Waals surface area (Å²) in [7, 11) is 1.39. The van der Waals surface area contributed by atoms with E-state index < -0.39 is 32.1 Å². The third kappa shape index (κ3) is 2.50. The number of phosphoric acid groups is 1. The third-order valence-electron chi connectivity index (χ3n) is 2.44. The fourth-order valence-electron chi connectivity index (χ4n) is 1.75. The molecular weight excluding hydrogens is 234 g/mol. The predicted molar refractivity (Wildman–Crippen MR) is 52.9 cm³/mol. The lowest BCUT2D eigenvalue weighted by atomic mass is 9.93. The maximum atomic E-state index is 11.1. The van der Waals surface area contributed by atoms with Gasteiger partial charge < -0.3 is 23.4 Å². The lowest BCUT2D eigenvalue weighted by Gasteiger charge is -2.21. The summed E-state index contributed by atoms with van der Waals surface area (Å²) in [5.74, 6) is 0. The van der Waals surface area contributed by atoms with Crippen molar-refractivity contribution >= 4 is 15.7 Å². The average Bonchev–Trinajstić information content (AvgIpc) is 2.59. The summed E-state index contributed by atoms with van der Waals surface area (Å²) in [6.07, 6.45) is -1.94. The van der Waals surface area contributed by atoms with Crippen LogP contribution in [0.15, 0.2) is 0 Å². The maximum Gasteiger partial charge on any atom is 0.268 e. The lowest BCUT2D eigenvalue weighted by Crippen LogP contribution is -2.32. The quantitative estimate of drug-likeness (QED) is 0.496. The van der Waals surface area contributed by atoms with Crippen LogP contribution in [0.3, 0.4) is 0 Å². The van der Waals surface area contributed by atoms with E-state index in [1.807, 2.05) is 13.8 Å². The Morgan fingerprint density at radius 1 is 1.44 bits per heavy atom. The van der Waals surface area contributed by atoms with E-state index in [0.717, 1.165) is 0 Å². The Kier molecular flexibility index (Phi) is 3.45. The molecular formula is C8H13BO6P-. The first kappa shape index (κ1) is 12.5. The van der Waals surface area contributed by atoms with Crippen molar-refractivity contribution in [1.82, 2.24) is 0 Å². The largest absolute Gasteiger partial charge is 0.756 e. The van der Waals surface area contributed by atoms with Crippen molar-refractivity contribution in [3.8, 4) is 0 Å². The van der Waals surface area contributed by atoms with Crippen LogP contribution in [-0.4, -0.2) is 44.9 Å². The first-order chi connectivity index (χ1) is 7.39. The zero-order valence-corrected chi connectivity index (χ0v) is 9.96. The fraction of sp³-hybridized carbons (Fsp3) is 1.00. The molecule has 2 aliphatic rings. The van der Waals surface area contributed by atoms with Crippen LogP contribution in [0, 0.1) is 0 Å². The molecule has 2 radical (unpaired) electrons. The van der Waals surface area contributed by atoms with Crippen LogP contribution in [0.4, 0.5) is 0 Å². The summed E-state index contributed by atoms with van der Waals surface area (Å²) in [4.78, 5) is 11.1. The Hall–Kier alpha value is 0.0949. The van der Waals surface area contributed by atoms with Gasteiger partial charge in [0.1, 0.15) is 26.2 Å². The maximum absolute atomic E-state index is 11.1. The van der Waals surface area contributed by atoms with E-state index in [0.29, 0.717) is 0 Å². The van der Waals surface area contributed by atoms with Gasteiger partial charge in [0.15, 0.2) is 0 Å². The molecule has 2 saturated heterocycles. The Bertz CT molecular complexity index is 311. The highest BCUT2D eigenvalue weighted by molar-refractivity contribution is 7.46. The Balaban J connectivity index is 1.99. The van der Waals surface area contributed by atoms with E-state index in [-0.39, 0.29) is 12.7 Å². The van der Waals surface area contributed by atoms with Crippen LogP contribution in [0.5, 0.6) is 0 Å². The van der Waals surface area contributed by atoms with Gasteiger partial charge in [0.05, 0.1) is 12.7 Å². The van der Waals surface area contributed by atoms with Gasteiger partial charge in [0.2, 0.25) is 0 Å². The highest BCUT2D eigenvalue weighted by atomic mass is 31.2. The summed E-state index contributed by atoms with van der Waals surface area (Å²) in [6, 6.07) is -0.796. The minimum absolute atomic E-state index is 0.0280. The van der Waals surface area contributed by atoms with Crippen LogP contribution in [0.1, 0.15) is 13.8 Å². The van der Waals surface area contributed by atoms with E-state index in [1.54, 1.807) is 0 Å². The van der Waals surface area contributed by atoms with Crippen LogP contribution >= 0.6 is 7.82 Å². The van der Waals surface area contributed by atoms with Crippen molar-refractivity contribution in [3.05, 3.63) is 0 Å². The van der Waals surface area contributed by atoms with Crippen molar-refractivity contribution in [2.24, 2.45) is 0 Å². The summed E-state index contributed by atoms with van der Waals surface area (Å²) < 4.78 is 31.2. The molecule has 0 aromatic rings. The molecule has 0 aliphatic carbocycles. The molecule has 90 valence electrons. The topological polar surface area (TPSA) is 77.1 Å². The van der Waals surface area contributed by atoms with Crippen molar-refractivity contribution < 1.29 is 28.0 Å². The van der Waals surface area contributed by atoms with Crippen molar-refractivity contribution in [3.63, 3.8) is 0 Å². The summed E-state index contributed by atoms with van der Waals surface area (Å²) in [5, 5.41) is 0. The molecule has 0 bridgehead atoms. The number of hydrogen-bond acceptors (Lipinski definition) is 6. The second-order valence-electron chi connectivity index (χ2n) is 4.11. The molecule has 2 unspecified atom stereocenters. The van der Waals surface area contributed by atoms with Crippen LogP contribution in [-0.2, 0) is 23.1 Å². The smallest absolute Gasteiger partial charge is 0.268 e. The molecule has 8 heteroatoms. The van der Waals surface area contributed by atoms with Crippen molar-refractivity contribution in [2.45, 2.75) is 44.3 Å². The van der Waals surface area contributed by atoms with Gasteiger partial charge in [0.25, 0.3) is 7.82 Å². The van der Waals surface area contributed by atoms with Crippen molar-refractivity contribution in [2.75, 3.05) is 6.61 Å². The fourth-order valence-corrected chi connectivity index (χ4v) is 2.89. The van der Waals surface area contributed by atoms with E-state index in [4.69, 9.17) is 26.4 Å². The van der Waals surface area contributed by atoms with Gasteiger partial charge in [-0.15, -0.1) is 0 Å². The van der Waals surface area contributed by atoms with Crippen LogP contribution in [0.25, 0.3) is 0 Å². The Morgan fingerprint density at radius 3 is 2.69 bits per heavy atom. The van der Waals surface area contributed by atoms with Gasteiger partial charge >= 0.3 is 0 Å². The number of rotatable bonds is 3. The molecule has 6 nitrogen and oxygen atoms in total. The second-order valence-corrected chi connectivity index (χ2v) is 5.42. The molecule has 2 heterocycles. The van der Waals surface area contributed by atoms with E-state index in [1.165, 1.54) is 0 Å². The van der Waals surface area contributed by atoms with Gasteiger partial charge in [-0.25, -0.2) is 0 Å². The summed E-state index contributed by atoms with van der Waals surface area (Å²) in [5.41, 5.74) is 0.